The zero-order chi connectivity index (χ0) is 11.7. The van der Waals surface area contributed by atoms with Gasteiger partial charge in [0.25, 0.3) is 0 Å². The summed E-state index contributed by atoms with van der Waals surface area (Å²) in [7, 11) is 0. The van der Waals surface area contributed by atoms with Gasteiger partial charge in [-0.15, -0.1) is 23.5 Å². The van der Waals surface area contributed by atoms with Crippen molar-refractivity contribution in [2.75, 3.05) is 11.5 Å². The van der Waals surface area contributed by atoms with E-state index in [0.717, 1.165) is 0 Å². The molecule has 0 aromatic carbocycles. The topological polar surface area (TPSA) is 46.5 Å². The molecule has 0 unspecified atom stereocenters. The van der Waals surface area contributed by atoms with Crippen molar-refractivity contribution in [3.05, 3.63) is 0 Å². The van der Waals surface area contributed by atoms with Gasteiger partial charge in [-0.3, -0.25) is 0 Å². The standard InChI is InChI=1S/C11H18O3S2/c1-6-8(12)10(13)14-9(6)7(2)11-15-4-3-5-16-11/h6-9,11-12H,3-5H2,1-2H3/t6-,7+,8-,9-/m1/s1. The van der Waals surface area contributed by atoms with Crippen molar-refractivity contribution in [2.24, 2.45) is 11.8 Å². The van der Waals surface area contributed by atoms with Crippen LogP contribution >= 0.6 is 23.5 Å². The Morgan fingerprint density at radius 3 is 2.56 bits per heavy atom. The van der Waals surface area contributed by atoms with Crippen LogP contribution in [0.1, 0.15) is 20.3 Å². The van der Waals surface area contributed by atoms with Crippen LogP contribution in [0.15, 0.2) is 0 Å². The first kappa shape index (κ1) is 12.6. The third kappa shape index (κ3) is 2.36. The Balaban J connectivity index is 1.98. The summed E-state index contributed by atoms with van der Waals surface area (Å²) in [6.45, 7) is 4.03. The fourth-order valence-electron chi connectivity index (χ4n) is 2.26. The summed E-state index contributed by atoms with van der Waals surface area (Å²) in [5, 5.41) is 9.60. The monoisotopic (exact) mass is 262 g/mol. The first-order chi connectivity index (χ1) is 7.61. The minimum absolute atomic E-state index is 0.0781. The highest BCUT2D eigenvalue weighted by Crippen LogP contribution is 2.41. The predicted octanol–water partition coefficient (Wildman–Crippen LogP) is 1.74. The van der Waals surface area contributed by atoms with Gasteiger partial charge in [0.15, 0.2) is 6.10 Å². The SMILES string of the molecule is C[C@H]1[C@H]([C@H](C)C2SCCCS2)OC(=O)[C@@H]1O. The molecule has 92 valence electrons. The minimum Gasteiger partial charge on any atom is -0.460 e. The van der Waals surface area contributed by atoms with Gasteiger partial charge >= 0.3 is 5.97 Å². The molecule has 0 bridgehead atoms. The molecule has 2 fully saturated rings. The van der Waals surface area contributed by atoms with Crippen molar-refractivity contribution in [1.29, 1.82) is 0 Å². The highest BCUT2D eigenvalue weighted by Gasteiger charge is 2.45. The molecule has 0 aromatic rings. The Morgan fingerprint density at radius 1 is 1.44 bits per heavy atom. The van der Waals surface area contributed by atoms with Gasteiger partial charge in [-0.25, -0.2) is 4.79 Å². The van der Waals surface area contributed by atoms with E-state index in [0.29, 0.717) is 10.5 Å². The fourth-order valence-corrected chi connectivity index (χ4v) is 5.40. The summed E-state index contributed by atoms with van der Waals surface area (Å²) < 4.78 is 5.78. The molecule has 1 N–H and O–H groups in total. The second kappa shape index (κ2) is 5.19. The molecule has 0 amide bonds. The lowest BCUT2D eigenvalue weighted by atomic mass is 9.93. The van der Waals surface area contributed by atoms with E-state index in [1.54, 1.807) is 0 Å². The average molecular weight is 262 g/mol. The Hall–Kier alpha value is 0.130. The second-order valence-corrected chi connectivity index (χ2v) is 7.33. The van der Waals surface area contributed by atoms with Gasteiger partial charge in [-0.05, 0) is 17.9 Å². The Kier molecular flexibility index (Phi) is 4.08. The molecule has 0 saturated carbocycles. The smallest absolute Gasteiger partial charge is 0.335 e. The number of rotatable bonds is 2. The molecule has 2 heterocycles. The predicted molar refractivity (Wildman–Crippen MR) is 67.5 cm³/mol. The summed E-state index contributed by atoms with van der Waals surface area (Å²) in [5.41, 5.74) is 0. The lowest BCUT2D eigenvalue weighted by Gasteiger charge is -2.31. The molecular weight excluding hydrogens is 244 g/mol. The third-order valence-corrected chi connectivity index (χ3v) is 6.69. The molecule has 0 aromatic heterocycles. The van der Waals surface area contributed by atoms with Crippen LogP contribution in [0.25, 0.3) is 0 Å². The summed E-state index contributed by atoms with van der Waals surface area (Å²) >= 11 is 3.91. The van der Waals surface area contributed by atoms with Crippen molar-refractivity contribution in [1.82, 2.24) is 0 Å². The van der Waals surface area contributed by atoms with Gasteiger partial charge in [0.05, 0.1) is 4.58 Å². The van der Waals surface area contributed by atoms with Crippen molar-refractivity contribution >= 4 is 29.5 Å². The molecule has 4 atom stereocenters. The van der Waals surface area contributed by atoms with Crippen molar-refractivity contribution in [3.63, 3.8) is 0 Å². The van der Waals surface area contributed by atoms with Gasteiger partial charge in [-0.1, -0.05) is 13.8 Å². The van der Waals surface area contributed by atoms with E-state index in [1.807, 2.05) is 30.4 Å². The number of hydrogen-bond acceptors (Lipinski definition) is 5. The first-order valence-corrected chi connectivity index (χ1v) is 7.83. The van der Waals surface area contributed by atoms with Crippen molar-refractivity contribution < 1.29 is 14.6 Å². The third-order valence-electron chi connectivity index (χ3n) is 3.31. The molecule has 16 heavy (non-hydrogen) atoms. The molecule has 3 nitrogen and oxygen atoms in total. The van der Waals surface area contributed by atoms with Crippen LogP contribution in [-0.2, 0) is 9.53 Å². The first-order valence-electron chi connectivity index (χ1n) is 5.73. The normalized spacial score (nSPS) is 38.4. The van der Waals surface area contributed by atoms with Crippen LogP contribution in [0.5, 0.6) is 0 Å². The molecule has 2 aliphatic heterocycles. The zero-order valence-electron chi connectivity index (χ0n) is 9.59. The molecule has 0 aliphatic carbocycles. The lowest BCUT2D eigenvalue weighted by molar-refractivity contribution is -0.148. The Morgan fingerprint density at radius 2 is 2.06 bits per heavy atom. The number of thioether (sulfide) groups is 2. The number of hydrogen-bond donors (Lipinski definition) is 1. The zero-order valence-corrected chi connectivity index (χ0v) is 11.2. The quantitative estimate of drug-likeness (QED) is 0.768. The van der Waals surface area contributed by atoms with E-state index >= 15 is 0 Å². The minimum atomic E-state index is -0.925. The maximum absolute atomic E-state index is 11.3. The van der Waals surface area contributed by atoms with Gasteiger partial charge < -0.3 is 9.84 Å². The van der Waals surface area contributed by atoms with E-state index in [4.69, 9.17) is 4.74 Å². The number of carbonyl (C=O) groups is 1. The van der Waals surface area contributed by atoms with Crippen LogP contribution in [0.2, 0.25) is 0 Å². The van der Waals surface area contributed by atoms with Crippen molar-refractivity contribution in [2.45, 2.75) is 37.1 Å². The number of esters is 1. The van der Waals surface area contributed by atoms with Crippen LogP contribution in [0.3, 0.4) is 0 Å². The van der Waals surface area contributed by atoms with Crippen molar-refractivity contribution in [3.8, 4) is 0 Å². The van der Waals surface area contributed by atoms with Crippen LogP contribution in [0, 0.1) is 11.8 Å². The highest BCUT2D eigenvalue weighted by molar-refractivity contribution is 8.17. The summed E-state index contributed by atoms with van der Waals surface area (Å²) in [6.07, 6.45) is 0.220. The van der Waals surface area contributed by atoms with E-state index < -0.39 is 12.1 Å². The van der Waals surface area contributed by atoms with Crippen LogP contribution in [0.4, 0.5) is 0 Å². The number of aliphatic hydroxyl groups is 1. The van der Waals surface area contributed by atoms with Gasteiger partial charge in [-0.2, -0.15) is 0 Å². The lowest BCUT2D eigenvalue weighted by Crippen LogP contribution is -2.32. The Bertz CT molecular complexity index is 266. The van der Waals surface area contributed by atoms with Crippen LogP contribution in [-0.4, -0.2) is 39.4 Å². The van der Waals surface area contributed by atoms with E-state index in [9.17, 15) is 9.90 Å². The molecule has 2 saturated heterocycles. The number of aliphatic hydroxyl groups excluding tert-OH is 1. The second-order valence-electron chi connectivity index (χ2n) is 4.53. The van der Waals surface area contributed by atoms with Gasteiger partial charge in [0.1, 0.15) is 6.10 Å². The number of carbonyl (C=O) groups excluding carboxylic acids is 1. The summed E-state index contributed by atoms with van der Waals surface area (Å²) in [4.78, 5) is 11.3. The molecule has 5 heteroatoms. The van der Waals surface area contributed by atoms with Crippen LogP contribution < -0.4 is 0 Å². The maximum Gasteiger partial charge on any atom is 0.335 e. The molecular formula is C11H18O3S2. The average Bonchev–Trinajstić information content (AvgIpc) is 2.57. The van der Waals surface area contributed by atoms with E-state index in [1.165, 1.54) is 17.9 Å². The summed E-state index contributed by atoms with van der Waals surface area (Å²) in [5.74, 6) is 2.17. The Labute approximate surface area is 105 Å². The van der Waals surface area contributed by atoms with E-state index in [-0.39, 0.29) is 12.0 Å². The highest BCUT2D eigenvalue weighted by atomic mass is 32.2. The molecule has 0 spiro atoms. The van der Waals surface area contributed by atoms with Gasteiger partial charge in [0.2, 0.25) is 0 Å². The summed E-state index contributed by atoms with van der Waals surface area (Å²) in [6, 6.07) is 0. The molecule has 2 aliphatic rings. The number of cyclic esters (lactones) is 1. The van der Waals surface area contributed by atoms with Gasteiger partial charge in [0, 0.05) is 11.8 Å². The fraction of sp³-hybridized carbons (Fsp3) is 0.909. The maximum atomic E-state index is 11.3. The largest absolute Gasteiger partial charge is 0.460 e. The van der Waals surface area contributed by atoms with E-state index in [2.05, 4.69) is 6.92 Å². The molecule has 2 rings (SSSR count). The molecule has 0 radical (unpaired) electrons. The number of ether oxygens (including phenoxy) is 1.